The molecule has 0 heteroatoms. The molecule has 0 fully saturated rings. The lowest BCUT2D eigenvalue weighted by atomic mass is 9.87. The lowest BCUT2D eigenvalue weighted by Gasteiger charge is -2.18. The Kier molecular flexibility index (Phi) is 2.05. The Balaban J connectivity index is 2.42. The molecule has 1 aliphatic rings. The van der Waals surface area contributed by atoms with E-state index >= 15 is 0 Å². The van der Waals surface area contributed by atoms with Crippen molar-refractivity contribution in [2.45, 2.75) is 19.8 Å². The van der Waals surface area contributed by atoms with E-state index in [0.29, 0.717) is 0 Å². The fraction of sp³-hybridized carbons (Fsp3) is 0.231. The minimum atomic E-state index is 1.06. The number of hydrogen-bond acceptors (Lipinski definition) is 0. The molecule has 0 heterocycles. The van der Waals surface area contributed by atoms with Gasteiger partial charge in [-0.3, -0.25) is 0 Å². The molecular formula is C13H14. The summed E-state index contributed by atoms with van der Waals surface area (Å²) in [5.74, 6) is 0. The molecule has 1 aromatic carbocycles. The van der Waals surface area contributed by atoms with Crippen molar-refractivity contribution in [3.05, 3.63) is 59.2 Å². The first-order valence-electron chi connectivity index (χ1n) is 4.69. The monoisotopic (exact) mass is 170 g/mol. The van der Waals surface area contributed by atoms with Crippen LogP contribution in [0.15, 0.2) is 48.1 Å². The first kappa shape index (κ1) is 8.31. The number of benzene rings is 1. The summed E-state index contributed by atoms with van der Waals surface area (Å²) >= 11 is 0. The fourth-order valence-corrected chi connectivity index (χ4v) is 1.90. The molecular weight excluding hydrogens is 156 g/mol. The Morgan fingerprint density at radius 2 is 1.77 bits per heavy atom. The highest BCUT2D eigenvalue weighted by atomic mass is 14.2. The first-order chi connectivity index (χ1) is 6.31. The van der Waals surface area contributed by atoms with Crippen molar-refractivity contribution < 1.29 is 0 Å². The molecule has 0 N–H and O–H groups in total. The molecule has 0 unspecified atom stereocenters. The molecule has 2 rings (SSSR count). The van der Waals surface area contributed by atoms with Crippen LogP contribution in [-0.4, -0.2) is 0 Å². The van der Waals surface area contributed by atoms with Gasteiger partial charge in [-0.05, 0) is 36.5 Å². The molecule has 1 aromatic rings. The van der Waals surface area contributed by atoms with E-state index in [0.717, 1.165) is 12.8 Å². The summed E-state index contributed by atoms with van der Waals surface area (Å²) in [7, 11) is 0. The topological polar surface area (TPSA) is 0 Å². The largest absolute Gasteiger partial charge is 0.0988 e. The zero-order valence-corrected chi connectivity index (χ0v) is 8.01. The van der Waals surface area contributed by atoms with Crippen LogP contribution in [0, 0.1) is 0 Å². The van der Waals surface area contributed by atoms with Gasteiger partial charge in [0.25, 0.3) is 0 Å². The first-order valence-corrected chi connectivity index (χ1v) is 4.69. The molecule has 0 radical (unpaired) electrons. The molecule has 0 atom stereocenters. The van der Waals surface area contributed by atoms with Crippen LogP contribution in [0.4, 0.5) is 0 Å². The number of fused-ring (bicyclic) bond motifs is 1. The van der Waals surface area contributed by atoms with E-state index in [9.17, 15) is 0 Å². The number of allylic oxidation sites excluding steroid dienone is 3. The van der Waals surface area contributed by atoms with E-state index < -0.39 is 0 Å². The van der Waals surface area contributed by atoms with Crippen molar-refractivity contribution in [3.8, 4) is 0 Å². The molecule has 0 amide bonds. The lowest BCUT2D eigenvalue weighted by Crippen LogP contribution is -2.05. The SMILES string of the molecule is C=CC1=C(C)Cc2ccccc2C1. The summed E-state index contributed by atoms with van der Waals surface area (Å²) in [6.45, 7) is 6.05. The Morgan fingerprint density at radius 1 is 1.15 bits per heavy atom. The number of rotatable bonds is 1. The zero-order chi connectivity index (χ0) is 9.26. The molecule has 0 nitrogen and oxygen atoms in total. The van der Waals surface area contributed by atoms with Crippen LogP contribution < -0.4 is 0 Å². The molecule has 0 bridgehead atoms. The Labute approximate surface area is 79.6 Å². The van der Waals surface area contributed by atoms with Gasteiger partial charge in [0.05, 0.1) is 0 Å². The van der Waals surface area contributed by atoms with Crippen LogP contribution >= 0.6 is 0 Å². The second-order valence-electron chi connectivity index (χ2n) is 3.63. The maximum absolute atomic E-state index is 3.85. The Morgan fingerprint density at radius 3 is 2.38 bits per heavy atom. The van der Waals surface area contributed by atoms with Gasteiger partial charge < -0.3 is 0 Å². The van der Waals surface area contributed by atoms with Gasteiger partial charge in [-0.25, -0.2) is 0 Å². The van der Waals surface area contributed by atoms with Crippen LogP contribution in [0.5, 0.6) is 0 Å². The highest BCUT2D eigenvalue weighted by molar-refractivity contribution is 5.42. The molecule has 13 heavy (non-hydrogen) atoms. The third-order valence-corrected chi connectivity index (χ3v) is 2.75. The van der Waals surface area contributed by atoms with Crippen LogP contribution in [-0.2, 0) is 12.8 Å². The fourth-order valence-electron chi connectivity index (χ4n) is 1.90. The number of hydrogen-bond donors (Lipinski definition) is 0. The predicted octanol–water partition coefficient (Wildman–Crippen LogP) is 3.29. The Hall–Kier alpha value is -1.30. The van der Waals surface area contributed by atoms with Gasteiger partial charge in [0.2, 0.25) is 0 Å². The van der Waals surface area contributed by atoms with Crippen molar-refractivity contribution in [3.63, 3.8) is 0 Å². The summed E-state index contributed by atoms with van der Waals surface area (Å²) in [6.07, 6.45) is 4.15. The minimum Gasteiger partial charge on any atom is -0.0988 e. The quantitative estimate of drug-likeness (QED) is 0.606. The van der Waals surface area contributed by atoms with E-state index in [1.54, 1.807) is 0 Å². The van der Waals surface area contributed by atoms with Crippen molar-refractivity contribution in [2.24, 2.45) is 0 Å². The van der Waals surface area contributed by atoms with E-state index in [1.165, 1.54) is 22.3 Å². The molecule has 0 saturated heterocycles. The molecule has 0 aromatic heterocycles. The second-order valence-corrected chi connectivity index (χ2v) is 3.63. The van der Waals surface area contributed by atoms with Crippen LogP contribution in [0.3, 0.4) is 0 Å². The Bertz CT molecular complexity index is 369. The third kappa shape index (κ3) is 1.44. The average molecular weight is 170 g/mol. The van der Waals surface area contributed by atoms with Gasteiger partial charge in [-0.15, -0.1) is 0 Å². The van der Waals surface area contributed by atoms with E-state index in [2.05, 4.69) is 37.8 Å². The molecule has 0 saturated carbocycles. The van der Waals surface area contributed by atoms with Crippen LogP contribution in [0.2, 0.25) is 0 Å². The van der Waals surface area contributed by atoms with Crippen molar-refractivity contribution >= 4 is 0 Å². The highest BCUT2D eigenvalue weighted by Crippen LogP contribution is 2.25. The zero-order valence-electron chi connectivity index (χ0n) is 8.01. The van der Waals surface area contributed by atoms with Gasteiger partial charge >= 0.3 is 0 Å². The lowest BCUT2D eigenvalue weighted by molar-refractivity contribution is 0.979. The van der Waals surface area contributed by atoms with Gasteiger partial charge in [-0.1, -0.05) is 42.5 Å². The van der Waals surface area contributed by atoms with Crippen molar-refractivity contribution in [1.29, 1.82) is 0 Å². The summed E-state index contributed by atoms with van der Waals surface area (Å²) in [5.41, 5.74) is 5.81. The summed E-state index contributed by atoms with van der Waals surface area (Å²) in [5, 5.41) is 0. The van der Waals surface area contributed by atoms with Gasteiger partial charge in [0.1, 0.15) is 0 Å². The third-order valence-electron chi connectivity index (χ3n) is 2.75. The van der Waals surface area contributed by atoms with Crippen LogP contribution in [0.1, 0.15) is 18.1 Å². The molecule has 0 aliphatic heterocycles. The minimum absolute atomic E-state index is 1.06. The van der Waals surface area contributed by atoms with E-state index in [1.807, 2.05) is 6.08 Å². The van der Waals surface area contributed by atoms with Crippen LogP contribution in [0.25, 0.3) is 0 Å². The molecule has 0 spiro atoms. The van der Waals surface area contributed by atoms with Gasteiger partial charge in [0, 0.05) is 0 Å². The predicted molar refractivity (Wildman–Crippen MR) is 56.7 cm³/mol. The summed E-state index contributed by atoms with van der Waals surface area (Å²) in [6, 6.07) is 8.66. The standard InChI is InChI=1S/C13H14/c1-3-11-9-13-7-5-4-6-12(13)8-10(11)2/h3-7H,1,8-9H2,2H3. The second kappa shape index (κ2) is 3.21. The normalized spacial score (nSPS) is 15.5. The van der Waals surface area contributed by atoms with Crippen molar-refractivity contribution in [2.75, 3.05) is 0 Å². The summed E-state index contributed by atoms with van der Waals surface area (Å²) < 4.78 is 0. The van der Waals surface area contributed by atoms with E-state index in [4.69, 9.17) is 0 Å². The molecule has 1 aliphatic carbocycles. The maximum atomic E-state index is 3.85. The van der Waals surface area contributed by atoms with Crippen molar-refractivity contribution in [1.82, 2.24) is 0 Å². The molecule has 66 valence electrons. The highest BCUT2D eigenvalue weighted by Gasteiger charge is 2.11. The maximum Gasteiger partial charge on any atom is -0.00236 e. The van der Waals surface area contributed by atoms with Gasteiger partial charge in [0.15, 0.2) is 0 Å². The average Bonchev–Trinajstić information content (AvgIpc) is 2.17. The summed E-state index contributed by atoms with van der Waals surface area (Å²) in [4.78, 5) is 0. The smallest absolute Gasteiger partial charge is 0.00236 e. The van der Waals surface area contributed by atoms with Gasteiger partial charge in [-0.2, -0.15) is 0 Å². The van der Waals surface area contributed by atoms with E-state index in [-0.39, 0.29) is 0 Å².